The molecule has 1 aromatic carbocycles. The van der Waals surface area contributed by atoms with E-state index in [-0.39, 0.29) is 11.4 Å². The molecule has 2 rings (SSSR count). The van der Waals surface area contributed by atoms with Crippen LogP contribution in [0.25, 0.3) is 11.1 Å². The van der Waals surface area contributed by atoms with Gasteiger partial charge in [-0.05, 0) is 24.4 Å². The van der Waals surface area contributed by atoms with E-state index in [0.717, 1.165) is 5.52 Å². The topological polar surface area (TPSA) is 61.2 Å². The van der Waals surface area contributed by atoms with Crippen molar-refractivity contribution in [2.45, 2.75) is 6.54 Å². The minimum atomic E-state index is -0.437. The van der Waals surface area contributed by atoms with Gasteiger partial charge in [-0.1, -0.05) is 12.1 Å². The van der Waals surface area contributed by atoms with Crippen LogP contribution in [0.5, 0.6) is 0 Å². The van der Waals surface area contributed by atoms with Crippen LogP contribution in [0.1, 0.15) is 0 Å². The van der Waals surface area contributed by atoms with E-state index < -0.39 is 5.91 Å². The molecule has 0 atom stereocenters. The lowest BCUT2D eigenvalue weighted by Crippen LogP contribution is -2.18. The minimum absolute atomic E-state index is 0.0514. The van der Waals surface area contributed by atoms with E-state index in [1.54, 1.807) is 10.6 Å². The number of carbonyl (C=O) groups is 1. The molecule has 1 heterocycles. The Bertz CT molecular complexity index is 541. The van der Waals surface area contributed by atoms with Crippen LogP contribution in [0, 0.1) is 4.84 Å². The third-order valence-corrected chi connectivity index (χ3v) is 2.19. The number of nitrogens with zero attached hydrogens (tertiary/aromatic N) is 1. The van der Waals surface area contributed by atoms with Crippen LogP contribution in [0.2, 0.25) is 0 Å². The van der Waals surface area contributed by atoms with Gasteiger partial charge >= 0.3 is 0 Å². The third-order valence-electron chi connectivity index (χ3n) is 1.89. The molecule has 0 unspecified atom stereocenters. The van der Waals surface area contributed by atoms with Crippen LogP contribution in [-0.4, -0.2) is 10.5 Å². The van der Waals surface area contributed by atoms with Crippen molar-refractivity contribution in [3.63, 3.8) is 0 Å². The molecule has 2 N–H and O–H groups in total. The Morgan fingerprint density at radius 3 is 2.93 bits per heavy atom. The molecule has 5 heteroatoms. The van der Waals surface area contributed by atoms with Gasteiger partial charge in [0.15, 0.2) is 5.58 Å². The minimum Gasteiger partial charge on any atom is -0.429 e. The Morgan fingerprint density at radius 2 is 2.21 bits per heavy atom. The summed E-state index contributed by atoms with van der Waals surface area (Å²) in [5.74, 6) is -0.437. The number of fused-ring (bicyclic) bond motifs is 1. The molecule has 0 fully saturated rings. The summed E-state index contributed by atoms with van der Waals surface area (Å²) < 4.78 is 6.85. The molecule has 0 saturated carbocycles. The van der Waals surface area contributed by atoms with Crippen LogP contribution in [0.15, 0.2) is 28.7 Å². The number of hydrogen-bond donors (Lipinski definition) is 1. The van der Waals surface area contributed by atoms with E-state index in [1.165, 1.54) is 0 Å². The molecule has 0 saturated heterocycles. The van der Waals surface area contributed by atoms with Crippen molar-refractivity contribution in [1.29, 1.82) is 0 Å². The smallest absolute Gasteiger partial charge is 0.270 e. The van der Waals surface area contributed by atoms with Gasteiger partial charge in [-0.2, -0.15) is 0 Å². The maximum atomic E-state index is 10.8. The molecule has 0 aliphatic rings. The zero-order valence-electron chi connectivity index (χ0n) is 7.27. The number of hydrogen-bond acceptors (Lipinski definition) is 3. The second-order valence-corrected chi connectivity index (χ2v) is 3.24. The SMILES string of the molecule is NC(=O)Cn1c(=S)oc2ccccc21. The molecule has 1 amide bonds. The zero-order chi connectivity index (χ0) is 10.1. The summed E-state index contributed by atoms with van der Waals surface area (Å²) in [5.41, 5.74) is 6.55. The van der Waals surface area contributed by atoms with Gasteiger partial charge in [0, 0.05) is 0 Å². The monoisotopic (exact) mass is 208 g/mol. The van der Waals surface area contributed by atoms with Crippen molar-refractivity contribution >= 4 is 29.2 Å². The van der Waals surface area contributed by atoms with Gasteiger partial charge in [-0.3, -0.25) is 9.36 Å². The molecular formula is C9H8N2O2S. The van der Waals surface area contributed by atoms with Crippen molar-refractivity contribution in [2.24, 2.45) is 5.73 Å². The predicted molar refractivity (Wildman–Crippen MR) is 54.2 cm³/mol. The van der Waals surface area contributed by atoms with E-state index in [1.807, 2.05) is 18.2 Å². The highest BCUT2D eigenvalue weighted by Gasteiger charge is 2.07. The van der Waals surface area contributed by atoms with Crippen molar-refractivity contribution in [3.8, 4) is 0 Å². The Labute approximate surface area is 84.9 Å². The van der Waals surface area contributed by atoms with Gasteiger partial charge < -0.3 is 10.2 Å². The summed E-state index contributed by atoms with van der Waals surface area (Å²) in [5, 5.41) is 0. The molecule has 0 spiro atoms. The number of para-hydroxylation sites is 2. The highest BCUT2D eigenvalue weighted by Crippen LogP contribution is 2.16. The summed E-state index contributed by atoms with van der Waals surface area (Å²) in [6.07, 6.45) is 0. The lowest BCUT2D eigenvalue weighted by atomic mass is 10.3. The molecule has 14 heavy (non-hydrogen) atoms. The number of aromatic nitrogens is 1. The number of carbonyl (C=O) groups excluding carboxylic acids is 1. The van der Waals surface area contributed by atoms with Crippen LogP contribution >= 0.6 is 12.2 Å². The van der Waals surface area contributed by atoms with Gasteiger partial charge in [0.1, 0.15) is 6.54 Å². The second-order valence-electron chi connectivity index (χ2n) is 2.89. The first kappa shape index (κ1) is 8.96. The lowest BCUT2D eigenvalue weighted by Gasteiger charge is -1.97. The molecule has 0 bridgehead atoms. The van der Waals surface area contributed by atoms with Crippen LogP contribution < -0.4 is 5.73 Å². The average Bonchev–Trinajstić information content (AvgIpc) is 2.43. The third kappa shape index (κ3) is 1.42. The fourth-order valence-corrected chi connectivity index (χ4v) is 1.57. The number of amides is 1. The molecular weight excluding hydrogens is 200 g/mol. The standard InChI is InChI=1S/C9H8N2O2S/c10-8(12)5-11-6-3-1-2-4-7(6)13-9(11)14/h1-4H,5H2,(H2,10,12). The first-order valence-electron chi connectivity index (χ1n) is 4.05. The number of rotatable bonds is 2. The molecule has 1 aromatic heterocycles. The van der Waals surface area contributed by atoms with Gasteiger partial charge in [0.25, 0.3) is 4.84 Å². The normalized spacial score (nSPS) is 10.6. The first-order valence-corrected chi connectivity index (χ1v) is 4.46. The maximum Gasteiger partial charge on any atom is 0.270 e. The fourth-order valence-electron chi connectivity index (χ4n) is 1.32. The number of primary amides is 1. The van der Waals surface area contributed by atoms with Crippen molar-refractivity contribution in [1.82, 2.24) is 4.57 Å². The molecule has 72 valence electrons. The number of benzene rings is 1. The zero-order valence-corrected chi connectivity index (χ0v) is 8.08. The van der Waals surface area contributed by atoms with E-state index in [4.69, 9.17) is 22.4 Å². The largest absolute Gasteiger partial charge is 0.429 e. The van der Waals surface area contributed by atoms with Crippen molar-refractivity contribution in [3.05, 3.63) is 29.1 Å². The molecule has 2 aromatic rings. The highest BCUT2D eigenvalue weighted by molar-refractivity contribution is 7.71. The lowest BCUT2D eigenvalue weighted by molar-refractivity contribution is -0.118. The van der Waals surface area contributed by atoms with E-state index in [9.17, 15) is 4.79 Å². The Kier molecular flexibility index (Phi) is 2.09. The quantitative estimate of drug-likeness (QED) is 0.760. The van der Waals surface area contributed by atoms with E-state index >= 15 is 0 Å². The van der Waals surface area contributed by atoms with Crippen LogP contribution in [0.4, 0.5) is 0 Å². The van der Waals surface area contributed by atoms with Gasteiger partial charge in [-0.15, -0.1) is 0 Å². The van der Waals surface area contributed by atoms with E-state index in [2.05, 4.69) is 0 Å². The maximum absolute atomic E-state index is 10.8. The summed E-state index contributed by atoms with van der Waals surface area (Å²) in [7, 11) is 0. The van der Waals surface area contributed by atoms with Crippen LogP contribution in [0.3, 0.4) is 0 Å². The second kappa shape index (κ2) is 3.26. The summed E-state index contributed by atoms with van der Waals surface area (Å²) in [6.45, 7) is 0.0514. The van der Waals surface area contributed by atoms with Crippen LogP contribution in [-0.2, 0) is 11.3 Å². The Hall–Kier alpha value is -1.62. The highest BCUT2D eigenvalue weighted by atomic mass is 32.1. The number of nitrogens with two attached hydrogens (primary N) is 1. The average molecular weight is 208 g/mol. The fraction of sp³-hybridized carbons (Fsp3) is 0.111. The van der Waals surface area contributed by atoms with Gasteiger partial charge in [0.2, 0.25) is 5.91 Å². The predicted octanol–water partition coefficient (Wildman–Crippen LogP) is 1.45. The molecule has 0 aliphatic heterocycles. The van der Waals surface area contributed by atoms with Gasteiger partial charge in [-0.25, -0.2) is 0 Å². The van der Waals surface area contributed by atoms with E-state index in [0.29, 0.717) is 5.58 Å². The summed E-state index contributed by atoms with van der Waals surface area (Å²) in [6, 6.07) is 7.32. The Balaban J connectivity index is 2.68. The molecule has 0 radical (unpaired) electrons. The van der Waals surface area contributed by atoms with Gasteiger partial charge in [0.05, 0.1) is 5.52 Å². The van der Waals surface area contributed by atoms with Crippen molar-refractivity contribution < 1.29 is 9.21 Å². The Morgan fingerprint density at radius 1 is 1.50 bits per heavy atom. The molecule has 0 aliphatic carbocycles. The summed E-state index contributed by atoms with van der Waals surface area (Å²) >= 11 is 4.96. The van der Waals surface area contributed by atoms with Crippen molar-refractivity contribution in [2.75, 3.05) is 0 Å². The molecule has 4 nitrogen and oxygen atoms in total. The summed E-state index contributed by atoms with van der Waals surface area (Å²) in [4.78, 5) is 11.0. The number of oxazole rings is 1. The first-order chi connectivity index (χ1) is 6.68.